The number of carbonyl (C=O) groups is 2. The van der Waals surface area contributed by atoms with Crippen LogP contribution in [0, 0.1) is 17.1 Å². The number of carboxylic acid groups (broad SMARTS) is 1. The molecule has 2 amide bonds. The maximum atomic E-state index is 13.4. The normalized spacial score (nSPS) is 21.1. The number of hydrogen-bond donors (Lipinski definition) is 3. The number of likely N-dealkylation sites (tertiary alicyclic amines) is 1. The predicted molar refractivity (Wildman–Crippen MR) is 102 cm³/mol. The molecule has 0 saturated carbocycles. The van der Waals surface area contributed by atoms with Gasteiger partial charge in [-0.3, -0.25) is 14.4 Å². The van der Waals surface area contributed by atoms with Crippen molar-refractivity contribution in [3.63, 3.8) is 0 Å². The number of nitriles is 1. The lowest BCUT2D eigenvalue weighted by Crippen LogP contribution is -2.60. The molecule has 0 spiro atoms. The summed E-state index contributed by atoms with van der Waals surface area (Å²) >= 11 is 0. The molecule has 170 valence electrons. The van der Waals surface area contributed by atoms with Gasteiger partial charge in [-0.05, 0) is 37.1 Å². The Morgan fingerprint density at radius 2 is 2.00 bits per heavy atom. The number of primary amides is 1. The summed E-state index contributed by atoms with van der Waals surface area (Å²) in [5.41, 5.74) is 2.99. The molecule has 2 unspecified atom stereocenters. The van der Waals surface area contributed by atoms with Crippen LogP contribution >= 0.6 is 0 Å². The zero-order valence-electron chi connectivity index (χ0n) is 16.4. The average molecular weight is 454 g/mol. The van der Waals surface area contributed by atoms with E-state index in [-0.39, 0.29) is 30.8 Å². The summed E-state index contributed by atoms with van der Waals surface area (Å²) in [5.74, 6) is -1.60. The van der Waals surface area contributed by atoms with Gasteiger partial charge in [0, 0.05) is 18.4 Å². The number of piperidine rings is 1. The largest absolute Gasteiger partial charge is 0.465 e. The van der Waals surface area contributed by atoms with Crippen molar-refractivity contribution >= 4 is 23.5 Å². The third kappa shape index (κ3) is 4.43. The summed E-state index contributed by atoms with van der Waals surface area (Å²) in [7, 11) is 0. The fraction of sp³-hybridized carbons (Fsp3) is 0.368. The van der Waals surface area contributed by atoms with Crippen LogP contribution < -0.4 is 11.1 Å². The summed E-state index contributed by atoms with van der Waals surface area (Å²) in [6.07, 6.45) is -7.00. The minimum Gasteiger partial charge on any atom is -0.465 e. The van der Waals surface area contributed by atoms with Crippen molar-refractivity contribution in [2.75, 3.05) is 11.9 Å². The van der Waals surface area contributed by atoms with E-state index in [0.717, 1.165) is 23.0 Å². The van der Waals surface area contributed by atoms with Crippen molar-refractivity contribution in [3.8, 4) is 6.07 Å². The van der Waals surface area contributed by atoms with Gasteiger partial charge in [-0.15, -0.1) is 0 Å². The lowest BCUT2D eigenvalue weighted by molar-refractivity contribution is -0.162. The Morgan fingerprint density at radius 3 is 2.53 bits per heavy atom. The third-order valence-corrected chi connectivity index (χ3v) is 5.21. The van der Waals surface area contributed by atoms with Crippen LogP contribution in [-0.4, -0.2) is 50.0 Å². The number of anilines is 2. The van der Waals surface area contributed by atoms with E-state index in [2.05, 4.69) is 10.4 Å². The fourth-order valence-electron chi connectivity index (χ4n) is 3.87. The highest BCUT2D eigenvalue weighted by Gasteiger charge is 2.56. The Labute approximate surface area is 179 Å². The topological polar surface area (TPSA) is 137 Å². The van der Waals surface area contributed by atoms with Gasteiger partial charge in [0.05, 0.1) is 18.5 Å². The number of aromatic nitrogens is 2. The molecule has 1 aromatic carbocycles. The minimum absolute atomic E-state index is 0.00326. The van der Waals surface area contributed by atoms with Crippen LogP contribution in [0.3, 0.4) is 0 Å². The van der Waals surface area contributed by atoms with E-state index in [9.17, 15) is 37.5 Å². The van der Waals surface area contributed by atoms with Crippen molar-refractivity contribution in [1.82, 2.24) is 14.7 Å². The maximum Gasteiger partial charge on any atom is 0.408 e. The van der Waals surface area contributed by atoms with E-state index in [1.165, 1.54) is 12.1 Å². The molecule has 9 nitrogen and oxygen atoms in total. The second-order valence-electron chi connectivity index (χ2n) is 7.29. The summed E-state index contributed by atoms with van der Waals surface area (Å²) in [5, 5.41) is 26.1. The van der Waals surface area contributed by atoms with E-state index in [1.54, 1.807) is 6.07 Å². The van der Waals surface area contributed by atoms with Crippen molar-refractivity contribution in [2.45, 2.75) is 37.0 Å². The van der Waals surface area contributed by atoms with Crippen LogP contribution in [0.5, 0.6) is 0 Å². The molecule has 32 heavy (non-hydrogen) atoms. The summed E-state index contributed by atoms with van der Waals surface area (Å²) in [6, 6.07) is 5.17. The second-order valence-corrected chi connectivity index (χ2v) is 7.29. The first-order valence-corrected chi connectivity index (χ1v) is 9.37. The van der Waals surface area contributed by atoms with Crippen molar-refractivity contribution in [1.29, 1.82) is 5.26 Å². The number of nitrogens with one attached hydrogen (secondary N) is 1. The van der Waals surface area contributed by atoms with Gasteiger partial charge >= 0.3 is 12.3 Å². The van der Waals surface area contributed by atoms with Gasteiger partial charge in [-0.2, -0.15) is 23.5 Å². The van der Waals surface area contributed by atoms with E-state index in [1.807, 2.05) is 0 Å². The molecule has 1 fully saturated rings. The highest BCUT2D eigenvalue weighted by atomic mass is 19.4. The van der Waals surface area contributed by atoms with Crippen LogP contribution in [0.4, 0.5) is 33.9 Å². The summed E-state index contributed by atoms with van der Waals surface area (Å²) < 4.78 is 54.4. The number of carbonyl (C=O) groups excluding carboxylic acids is 1. The molecular weight excluding hydrogens is 436 g/mol. The molecular formula is C19H18F4N6O3. The van der Waals surface area contributed by atoms with Crippen molar-refractivity contribution in [3.05, 3.63) is 41.8 Å². The smallest absolute Gasteiger partial charge is 0.408 e. The molecule has 2 aromatic rings. The number of amides is 2. The first kappa shape index (κ1) is 22.9. The number of hydrogen-bond acceptors (Lipinski definition) is 5. The number of benzene rings is 1. The first-order chi connectivity index (χ1) is 15.0. The predicted octanol–water partition coefficient (Wildman–Crippen LogP) is 3.39. The molecule has 1 aliphatic rings. The van der Waals surface area contributed by atoms with Crippen LogP contribution in [0.1, 0.15) is 35.7 Å². The molecule has 0 aliphatic carbocycles. The maximum absolute atomic E-state index is 13.4. The van der Waals surface area contributed by atoms with E-state index >= 15 is 0 Å². The van der Waals surface area contributed by atoms with Crippen LogP contribution in [0.2, 0.25) is 0 Å². The lowest BCUT2D eigenvalue weighted by atomic mass is 9.80. The molecule has 1 saturated heterocycles. The quantitative estimate of drug-likeness (QED) is 0.592. The van der Waals surface area contributed by atoms with Gasteiger partial charge in [-0.1, -0.05) is 0 Å². The lowest BCUT2D eigenvalue weighted by Gasteiger charge is -2.46. The Kier molecular flexibility index (Phi) is 5.98. The molecule has 2 heterocycles. The van der Waals surface area contributed by atoms with Crippen LogP contribution in [0.25, 0.3) is 0 Å². The Hall–Kier alpha value is -3.82. The van der Waals surface area contributed by atoms with Gasteiger partial charge in [0.1, 0.15) is 11.4 Å². The summed E-state index contributed by atoms with van der Waals surface area (Å²) in [6.45, 7) is -0.264. The van der Waals surface area contributed by atoms with E-state index in [4.69, 9.17) is 5.73 Å². The number of nitrogens with zero attached hydrogens (tertiary/aromatic N) is 4. The zero-order chi connectivity index (χ0) is 23.7. The van der Waals surface area contributed by atoms with Crippen LogP contribution in [-0.2, 0) is 0 Å². The van der Waals surface area contributed by atoms with Crippen molar-refractivity contribution in [2.24, 2.45) is 5.73 Å². The van der Waals surface area contributed by atoms with Gasteiger partial charge in [0.15, 0.2) is 11.4 Å². The van der Waals surface area contributed by atoms with Gasteiger partial charge in [0.25, 0.3) is 5.91 Å². The number of nitrogens with two attached hydrogens (primary N) is 1. The molecule has 0 radical (unpaired) electrons. The van der Waals surface area contributed by atoms with Crippen LogP contribution in [0.15, 0.2) is 30.5 Å². The van der Waals surface area contributed by atoms with E-state index < -0.39 is 42.0 Å². The fourth-order valence-corrected chi connectivity index (χ4v) is 3.87. The second kappa shape index (κ2) is 8.37. The molecule has 4 N–H and O–H groups in total. The number of halogens is 4. The molecule has 2 atom stereocenters. The first-order valence-electron chi connectivity index (χ1n) is 9.37. The minimum atomic E-state index is -4.85. The molecule has 3 rings (SSSR count). The standard InChI is InChI=1S/C19H18F4N6O3/c20-11-3-5-12(6-4-11)26-16-13(15(25)30)8-29(27-16)14-2-1-7-28(17(31)32)18(14,10-24)9-19(21,22)23/h3-6,8,14H,1-2,7,9H2,(H2,25,30)(H,26,27)(H,31,32). The Bertz CT molecular complexity index is 1060. The highest BCUT2D eigenvalue weighted by Crippen LogP contribution is 2.44. The number of alkyl halides is 3. The van der Waals surface area contributed by atoms with Gasteiger partial charge in [0.2, 0.25) is 0 Å². The molecule has 13 heteroatoms. The highest BCUT2D eigenvalue weighted by molar-refractivity contribution is 5.98. The van der Waals surface area contributed by atoms with Gasteiger partial charge < -0.3 is 16.2 Å². The zero-order valence-corrected chi connectivity index (χ0v) is 16.4. The molecule has 1 aliphatic heterocycles. The van der Waals surface area contributed by atoms with E-state index in [0.29, 0.717) is 10.6 Å². The molecule has 1 aromatic heterocycles. The van der Waals surface area contributed by atoms with Crippen molar-refractivity contribution < 1.29 is 32.3 Å². The monoisotopic (exact) mass is 454 g/mol. The van der Waals surface area contributed by atoms with Gasteiger partial charge in [-0.25, -0.2) is 9.18 Å². The number of rotatable bonds is 5. The Morgan fingerprint density at radius 1 is 1.34 bits per heavy atom. The molecule has 0 bridgehead atoms. The Balaban J connectivity index is 2.09. The third-order valence-electron chi connectivity index (χ3n) is 5.21. The SMILES string of the molecule is N#CC1(CC(F)(F)F)C(n2cc(C(N)=O)c(Nc3ccc(F)cc3)n2)CCCN1C(=O)O. The summed E-state index contributed by atoms with van der Waals surface area (Å²) in [4.78, 5) is 24.1. The average Bonchev–Trinajstić information content (AvgIpc) is 3.12.